The molecular formula is C10H20ClN3O3. The van der Waals surface area contributed by atoms with Crippen LogP contribution in [0.15, 0.2) is 0 Å². The largest absolute Gasteiger partial charge is 0.383 e. The average Bonchev–Trinajstić information content (AvgIpc) is 2.26. The molecule has 0 spiro atoms. The third kappa shape index (κ3) is 8.91. The monoisotopic (exact) mass is 265 g/mol. The molecule has 0 radical (unpaired) electrons. The summed E-state index contributed by atoms with van der Waals surface area (Å²) in [6.07, 6.45) is 0. The van der Waals surface area contributed by atoms with Crippen LogP contribution in [-0.4, -0.2) is 62.6 Å². The van der Waals surface area contributed by atoms with Crippen LogP contribution >= 0.6 is 11.6 Å². The fraction of sp³-hybridized carbons (Fsp3) is 0.800. The first-order chi connectivity index (χ1) is 7.97. The van der Waals surface area contributed by atoms with Crippen molar-refractivity contribution in [2.24, 2.45) is 0 Å². The quantitative estimate of drug-likeness (QED) is 0.637. The third-order valence-electron chi connectivity index (χ3n) is 2.05. The smallest absolute Gasteiger partial charge is 0.321 e. The van der Waals surface area contributed by atoms with Gasteiger partial charge in [-0.1, -0.05) is 0 Å². The minimum Gasteiger partial charge on any atom is -0.383 e. The van der Waals surface area contributed by atoms with Gasteiger partial charge in [-0.05, 0) is 14.0 Å². The fourth-order valence-electron chi connectivity index (χ4n) is 0.975. The Balaban J connectivity index is 3.60. The van der Waals surface area contributed by atoms with Gasteiger partial charge in [0.1, 0.15) is 5.38 Å². The van der Waals surface area contributed by atoms with Crippen molar-refractivity contribution < 1.29 is 14.3 Å². The molecule has 1 atom stereocenters. The zero-order valence-corrected chi connectivity index (χ0v) is 11.2. The van der Waals surface area contributed by atoms with Gasteiger partial charge in [-0.25, -0.2) is 4.79 Å². The summed E-state index contributed by atoms with van der Waals surface area (Å²) in [5.74, 6) is -0.503. The Kier molecular flexibility index (Phi) is 8.75. The average molecular weight is 266 g/mol. The van der Waals surface area contributed by atoms with Crippen LogP contribution in [0.1, 0.15) is 6.92 Å². The summed E-state index contributed by atoms with van der Waals surface area (Å²) in [6, 6.07) is -0.525. The lowest BCUT2D eigenvalue weighted by molar-refractivity contribution is -0.119. The molecule has 0 aromatic heterocycles. The molecular weight excluding hydrogens is 246 g/mol. The highest BCUT2D eigenvalue weighted by Gasteiger charge is 2.12. The molecule has 0 aromatic carbocycles. The van der Waals surface area contributed by atoms with E-state index in [2.05, 4.69) is 10.6 Å². The van der Waals surface area contributed by atoms with Crippen LogP contribution in [0.25, 0.3) is 0 Å². The first kappa shape index (κ1) is 16.1. The van der Waals surface area contributed by atoms with Gasteiger partial charge in [0.05, 0.1) is 6.61 Å². The van der Waals surface area contributed by atoms with Crippen LogP contribution < -0.4 is 10.6 Å². The number of nitrogens with zero attached hydrogens (tertiary/aromatic N) is 1. The molecule has 0 aliphatic rings. The zero-order valence-electron chi connectivity index (χ0n) is 10.5. The van der Waals surface area contributed by atoms with Gasteiger partial charge in [0.15, 0.2) is 0 Å². The van der Waals surface area contributed by atoms with Gasteiger partial charge in [-0.3, -0.25) is 10.1 Å². The summed E-state index contributed by atoms with van der Waals surface area (Å²) >= 11 is 5.50. The SMILES string of the molecule is COCCN(C)CCNC(=O)NC(=O)C(C)Cl. The van der Waals surface area contributed by atoms with E-state index in [1.807, 2.05) is 11.9 Å². The lowest BCUT2D eigenvalue weighted by Gasteiger charge is -2.16. The summed E-state index contributed by atoms with van der Waals surface area (Å²) in [7, 11) is 3.56. The van der Waals surface area contributed by atoms with E-state index in [1.165, 1.54) is 6.92 Å². The topological polar surface area (TPSA) is 70.7 Å². The number of methoxy groups -OCH3 is 1. The van der Waals surface area contributed by atoms with Crippen molar-refractivity contribution in [3.8, 4) is 0 Å². The predicted octanol–water partition coefficient (Wildman–Crippen LogP) is 0.0177. The zero-order chi connectivity index (χ0) is 13.3. The van der Waals surface area contributed by atoms with Crippen LogP contribution in [-0.2, 0) is 9.53 Å². The van der Waals surface area contributed by atoms with Gasteiger partial charge in [0, 0.05) is 26.7 Å². The van der Waals surface area contributed by atoms with Crippen molar-refractivity contribution in [1.82, 2.24) is 15.5 Å². The van der Waals surface area contributed by atoms with Crippen molar-refractivity contribution in [3.05, 3.63) is 0 Å². The fourth-order valence-corrected chi connectivity index (χ4v) is 1.03. The second-order valence-electron chi connectivity index (χ2n) is 3.66. The molecule has 0 fully saturated rings. The summed E-state index contributed by atoms with van der Waals surface area (Å²) in [4.78, 5) is 24.3. The molecule has 0 saturated heterocycles. The lowest BCUT2D eigenvalue weighted by Crippen LogP contribution is -2.44. The third-order valence-corrected chi connectivity index (χ3v) is 2.25. The lowest BCUT2D eigenvalue weighted by atomic mass is 10.4. The highest BCUT2D eigenvalue weighted by Crippen LogP contribution is 1.91. The van der Waals surface area contributed by atoms with Gasteiger partial charge in [0.25, 0.3) is 0 Å². The highest BCUT2D eigenvalue weighted by atomic mass is 35.5. The number of urea groups is 1. The van der Waals surface area contributed by atoms with Crippen LogP contribution in [0.4, 0.5) is 4.79 Å². The minimum absolute atomic E-state index is 0.454. The first-order valence-electron chi connectivity index (χ1n) is 5.37. The van der Waals surface area contributed by atoms with Crippen LogP contribution in [0, 0.1) is 0 Å². The number of carbonyl (C=O) groups excluding carboxylic acids is 2. The highest BCUT2D eigenvalue weighted by molar-refractivity contribution is 6.31. The Morgan fingerprint density at radius 1 is 1.41 bits per heavy atom. The van der Waals surface area contributed by atoms with E-state index in [1.54, 1.807) is 7.11 Å². The summed E-state index contributed by atoms with van der Waals surface area (Å²) < 4.78 is 4.92. The maximum atomic E-state index is 11.2. The van der Waals surface area contributed by atoms with Crippen LogP contribution in [0.2, 0.25) is 0 Å². The number of hydrogen-bond acceptors (Lipinski definition) is 4. The van der Waals surface area contributed by atoms with Gasteiger partial charge < -0.3 is 15.0 Å². The number of hydrogen-bond donors (Lipinski definition) is 2. The van der Waals surface area contributed by atoms with Gasteiger partial charge in [-0.15, -0.1) is 11.6 Å². The molecule has 7 heteroatoms. The van der Waals surface area contributed by atoms with Gasteiger partial charge >= 0.3 is 6.03 Å². The van der Waals surface area contributed by atoms with E-state index in [-0.39, 0.29) is 0 Å². The molecule has 2 N–H and O–H groups in total. The number of likely N-dealkylation sites (N-methyl/N-ethyl adjacent to an activating group) is 1. The van der Waals surface area contributed by atoms with E-state index in [0.29, 0.717) is 19.7 Å². The summed E-state index contributed by atoms with van der Waals surface area (Å²) in [6.45, 7) is 4.07. The van der Waals surface area contributed by atoms with Crippen molar-refractivity contribution in [2.45, 2.75) is 12.3 Å². The van der Waals surface area contributed by atoms with Crippen molar-refractivity contribution >= 4 is 23.5 Å². The number of alkyl halides is 1. The van der Waals surface area contributed by atoms with Crippen molar-refractivity contribution in [1.29, 1.82) is 0 Å². The number of halogens is 1. The number of rotatable bonds is 7. The standard InChI is InChI=1S/C10H20ClN3O3/c1-8(11)9(15)13-10(16)12-4-5-14(2)6-7-17-3/h8H,4-7H2,1-3H3,(H2,12,13,15,16). The molecule has 0 aliphatic carbocycles. The predicted molar refractivity (Wildman–Crippen MR) is 66.2 cm³/mol. The Hall–Kier alpha value is -0.850. The molecule has 0 rings (SSSR count). The normalized spacial score (nSPS) is 12.3. The molecule has 0 aromatic rings. The van der Waals surface area contributed by atoms with Crippen LogP contribution in [0.5, 0.6) is 0 Å². The van der Waals surface area contributed by atoms with Crippen molar-refractivity contribution in [2.75, 3.05) is 40.4 Å². The van der Waals surface area contributed by atoms with Gasteiger partial charge in [0.2, 0.25) is 5.91 Å². The molecule has 0 saturated carbocycles. The second-order valence-corrected chi connectivity index (χ2v) is 4.31. The molecule has 0 heterocycles. The first-order valence-corrected chi connectivity index (χ1v) is 5.81. The second kappa shape index (κ2) is 9.21. The number of amides is 3. The Bertz CT molecular complexity index is 249. The Labute approximate surface area is 107 Å². The molecule has 100 valence electrons. The van der Waals surface area contributed by atoms with Gasteiger partial charge in [-0.2, -0.15) is 0 Å². The molecule has 3 amide bonds. The molecule has 17 heavy (non-hydrogen) atoms. The number of carbonyl (C=O) groups is 2. The van der Waals surface area contributed by atoms with E-state index in [4.69, 9.17) is 16.3 Å². The summed E-state index contributed by atoms with van der Waals surface area (Å²) in [5, 5.41) is 3.98. The molecule has 0 bridgehead atoms. The van der Waals surface area contributed by atoms with Crippen molar-refractivity contribution in [3.63, 3.8) is 0 Å². The summed E-state index contributed by atoms with van der Waals surface area (Å²) in [5.41, 5.74) is 0. The number of nitrogens with one attached hydrogen (secondary N) is 2. The maximum absolute atomic E-state index is 11.2. The maximum Gasteiger partial charge on any atom is 0.321 e. The van der Waals surface area contributed by atoms with E-state index < -0.39 is 17.3 Å². The van der Waals surface area contributed by atoms with E-state index >= 15 is 0 Å². The molecule has 0 aliphatic heterocycles. The minimum atomic E-state index is -0.717. The number of imide groups is 1. The van der Waals surface area contributed by atoms with E-state index in [0.717, 1.165) is 6.54 Å². The number of ether oxygens (including phenoxy) is 1. The Morgan fingerprint density at radius 2 is 2.06 bits per heavy atom. The Morgan fingerprint density at radius 3 is 2.59 bits per heavy atom. The molecule has 6 nitrogen and oxygen atoms in total. The van der Waals surface area contributed by atoms with E-state index in [9.17, 15) is 9.59 Å². The molecule has 1 unspecified atom stereocenters. The van der Waals surface area contributed by atoms with Crippen LogP contribution in [0.3, 0.4) is 0 Å².